The Bertz CT molecular complexity index is 1590. The lowest BCUT2D eigenvalue weighted by Gasteiger charge is -2.22. The number of nitrogens with two attached hydrogens (primary N) is 2. The Morgan fingerprint density at radius 3 is 2.00 bits per heavy atom. The van der Waals surface area contributed by atoms with Gasteiger partial charge in [-0.25, -0.2) is 9.97 Å². The number of hydrogen-bond donors (Lipinski definition) is 3. The maximum absolute atomic E-state index is 6.25. The molecule has 8 nitrogen and oxygen atoms in total. The van der Waals surface area contributed by atoms with Gasteiger partial charge in [0.2, 0.25) is 11.9 Å². The minimum Gasteiger partial charge on any atom is -0.384 e. The van der Waals surface area contributed by atoms with Crippen molar-refractivity contribution in [3.63, 3.8) is 0 Å². The van der Waals surface area contributed by atoms with Crippen LogP contribution in [0.4, 0.5) is 29.1 Å². The third kappa shape index (κ3) is 8.12. The Hall–Kier alpha value is -1.58. The van der Waals surface area contributed by atoms with Gasteiger partial charge >= 0.3 is 0 Å². The van der Waals surface area contributed by atoms with E-state index in [1.807, 2.05) is 0 Å². The molecule has 2 aromatic carbocycles. The SMILES string of the molecule is CC1(C)CN(c2nc(N)ncc2Cl)c2cc(I)ccc21.CC1(C)CNc2cc(I)ccc21.Cl.Nc1ncc(Cl)c(Cl)n1. The fourth-order valence-corrected chi connectivity index (χ4v) is 6.02. The number of aromatic nitrogens is 4. The first kappa shape index (κ1) is 34.9. The van der Waals surface area contributed by atoms with Crippen LogP contribution in [0, 0.1) is 7.14 Å². The highest BCUT2D eigenvalue weighted by atomic mass is 127. The summed E-state index contributed by atoms with van der Waals surface area (Å²) in [4.78, 5) is 17.5. The van der Waals surface area contributed by atoms with Gasteiger partial charge in [0.05, 0.1) is 17.4 Å². The van der Waals surface area contributed by atoms with Gasteiger partial charge in [0.1, 0.15) is 5.02 Å². The van der Waals surface area contributed by atoms with Crippen molar-refractivity contribution in [2.24, 2.45) is 0 Å². The predicted molar refractivity (Wildman–Crippen MR) is 195 cm³/mol. The first-order valence-electron chi connectivity index (χ1n) is 12.5. The van der Waals surface area contributed by atoms with Crippen molar-refractivity contribution in [1.29, 1.82) is 0 Å². The number of hydrogen-bond acceptors (Lipinski definition) is 8. The molecule has 6 rings (SSSR count). The van der Waals surface area contributed by atoms with E-state index in [9.17, 15) is 0 Å². The summed E-state index contributed by atoms with van der Waals surface area (Å²) in [6, 6.07) is 13.1. The molecule has 0 unspecified atom stereocenters. The molecule has 5 N–H and O–H groups in total. The normalized spacial score (nSPS) is 15.1. The molecule has 224 valence electrons. The minimum absolute atomic E-state index is 0. The average Bonchev–Trinajstić information content (AvgIpc) is 3.34. The third-order valence-electron chi connectivity index (χ3n) is 6.68. The second-order valence-corrected chi connectivity index (χ2v) is 14.5. The Labute approximate surface area is 294 Å². The molecule has 2 aliphatic heterocycles. The lowest BCUT2D eigenvalue weighted by molar-refractivity contribution is 0.568. The van der Waals surface area contributed by atoms with Crippen LogP contribution >= 0.6 is 92.4 Å². The van der Waals surface area contributed by atoms with E-state index in [2.05, 4.69) is 139 Å². The lowest BCUT2D eigenvalue weighted by Crippen LogP contribution is -2.26. The van der Waals surface area contributed by atoms with Crippen LogP contribution in [0.25, 0.3) is 0 Å². The van der Waals surface area contributed by atoms with E-state index in [4.69, 9.17) is 46.3 Å². The molecule has 0 bridgehead atoms. The molecule has 0 saturated carbocycles. The quantitative estimate of drug-likeness (QED) is 0.129. The summed E-state index contributed by atoms with van der Waals surface area (Å²) in [6.07, 6.45) is 2.91. The van der Waals surface area contributed by atoms with Gasteiger partial charge in [0.25, 0.3) is 0 Å². The van der Waals surface area contributed by atoms with Gasteiger partial charge in [-0.1, -0.05) is 74.6 Å². The molecule has 2 aliphatic rings. The highest BCUT2D eigenvalue weighted by Gasteiger charge is 2.37. The fourth-order valence-electron chi connectivity index (χ4n) is 4.64. The van der Waals surface area contributed by atoms with Gasteiger partial charge in [-0.2, -0.15) is 9.97 Å². The number of fused-ring (bicyclic) bond motifs is 2. The lowest BCUT2D eigenvalue weighted by atomic mass is 9.87. The molecule has 0 saturated heterocycles. The van der Waals surface area contributed by atoms with Crippen LogP contribution in [-0.2, 0) is 10.8 Å². The highest BCUT2D eigenvalue weighted by Crippen LogP contribution is 2.45. The van der Waals surface area contributed by atoms with Crippen LogP contribution in [0.1, 0.15) is 38.8 Å². The topological polar surface area (TPSA) is 119 Å². The van der Waals surface area contributed by atoms with Crippen LogP contribution in [0.15, 0.2) is 48.8 Å². The minimum atomic E-state index is 0. The molecule has 2 aromatic heterocycles. The van der Waals surface area contributed by atoms with Crippen LogP contribution in [0.2, 0.25) is 15.2 Å². The molecule has 0 amide bonds. The van der Waals surface area contributed by atoms with Gasteiger partial charge in [-0.05, 0) is 80.6 Å². The first-order valence-corrected chi connectivity index (χ1v) is 15.8. The van der Waals surface area contributed by atoms with Crippen molar-refractivity contribution < 1.29 is 0 Å². The highest BCUT2D eigenvalue weighted by molar-refractivity contribution is 14.1. The number of nitrogens with zero attached hydrogens (tertiary/aromatic N) is 5. The Balaban J connectivity index is 0.000000188. The zero-order valence-electron chi connectivity index (χ0n) is 23.2. The van der Waals surface area contributed by atoms with Crippen molar-refractivity contribution >= 4 is 121 Å². The standard InChI is InChI=1S/C14H14ClIN4.C10H12IN.C4H3Cl2N3.ClH/c1-14(2)7-20(11-5-8(16)3-4-9(11)14)12-10(15)6-18-13(17)19-12;1-10(2)6-12-9-5-7(11)3-4-8(9)10;5-2-1-8-4(7)9-3(2)6;/h3-6H,7H2,1-2H3,(H2,17,18,19);3-5,12H,6H2,1-2H3;1H,(H2,7,8,9);1H. The monoisotopic (exact) mass is 872 g/mol. The molecular weight excluding hydrogens is 844 g/mol. The van der Waals surface area contributed by atoms with Crippen molar-refractivity contribution in [1.82, 2.24) is 19.9 Å². The number of halogens is 6. The van der Waals surface area contributed by atoms with Gasteiger partial charge in [0, 0.05) is 42.4 Å². The van der Waals surface area contributed by atoms with Crippen LogP contribution in [0.3, 0.4) is 0 Å². The molecule has 0 radical (unpaired) electrons. The van der Waals surface area contributed by atoms with Crippen LogP contribution < -0.4 is 21.7 Å². The van der Waals surface area contributed by atoms with Crippen LogP contribution in [0.5, 0.6) is 0 Å². The number of nitrogens with one attached hydrogen (secondary N) is 1. The predicted octanol–water partition coefficient (Wildman–Crippen LogP) is 8.53. The van der Waals surface area contributed by atoms with Gasteiger partial charge in [0.15, 0.2) is 11.0 Å². The number of nitrogen functional groups attached to an aromatic ring is 2. The molecule has 0 fully saturated rings. The van der Waals surface area contributed by atoms with Gasteiger partial charge in [-0.3, -0.25) is 0 Å². The smallest absolute Gasteiger partial charge is 0.222 e. The van der Waals surface area contributed by atoms with Gasteiger partial charge in [-0.15, -0.1) is 12.4 Å². The van der Waals surface area contributed by atoms with Gasteiger partial charge < -0.3 is 21.7 Å². The number of anilines is 5. The van der Waals surface area contributed by atoms with E-state index in [1.54, 1.807) is 6.20 Å². The summed E-state index contributed by atoms with van der Waals surface area (Å²) in [7, 11) is 0. The zero-order valence-corrected chi connectivity index (χ0v) is 30.6. The molecule has 0 aliphatic carbocycles. The van der Waals surface area contributed by atoms with E-state index >= 15 is 0 Å². The number of benzene rings is 2. The fraction of sp³-hybridized carbons (Fsp3) is 0.286. The van der Waals surface area contributed by atoms with E-state index in [0.29, 0.717) is 21.3 Å². The average molecular weight is 874 g/mol. The second kappa shape index (κ2) is 14.0. The molecular formula is C28H30Cl4I2N8. The maximum atomic E-state index is 6.25. The Morgan fingerprint density at radius 2 is 1.38 bits per heavy atom. The van der Waals surface area contributed by atoms with E-state index in [-0.39, 0.29) is 34.9 Å². The van der Waals surface area contributed by atoms with Crippen molar-refractivity contribution in [3.8, 4) is 0 Å². The summed E-state index contributed by atoms with van der Waals surface area (Å²) < 4.78 is 2.48. The summed E-state index contributed by atoms with van der Waals surface area (Å²) >= 11 is 21.8. The summed E-state index contributed by atoms with van der Waals surface area (Å²) in [5.41, 5.74) is 16.4. The Kier molecular flexibility index (Phi) is 11.7. The third-order valence-corrected chi connectivity index (χ3v) is 8.95. The zero-order chi connectivity index (χ0) is 30.1. The largest absolute Gasteiger partial charge is 0.384 e. The molecule has 4 heterocycles. The van der Waals surface area contributed by atoms with Crippen LogP contribution in [-0.4, -0.2) is 33.0 Å². The van der Waals surface area contributed by atoms with Crippen molar-refractivity contribution in [2.45, 2.75) is 38.5 Å². The summed E-state index contributed by atoms with van der Waals surface area (Å²) in [6.45, 7) is 10.9. The molecule has 14 heteroatoms. The summed E-state index contributed by atoms with van der Waals surface area (Å²) in [5, 5.41) is 4.44. The van der Waals surface area contributed by atoms with Crippen molar-refractivity contribution in [2.75, 3.05) is 34.8 Å². The molecule has 0 spiro atoms. The Morgan fingerprint density at radius 1 is 0.810 bits per heavy atom. The van der Waals surface area contributed by atoms with E-state index < -0.39 is 0 Å². The molecule has 4 aromatic rings. The van der Waals surface area contributed by atoms with E-state index in [1.165, 1.54) is 30.2 Å². The maximum Gasteiger partial charge on any atom is 0.222 e. The molecule has 42 heavy (non-hydrogen) atoms. The van der Waals surface area contributed by atoms with Crippen molar-refractivity contribution in [3.05, 3.63) is 82.3 Å². The molecule has 0 atom stereocenters. The number of rotatable bonds is 1. The first-order chi connectivity index (χ1) is 19.2. The second-order valence-electron chi connectivity index (χ2n) is 10.8. The van der Waals surface area contributed by atoms with E-state index in [0.717, 1.165) is 18.8 Å². The summed E-state index contributed by atoms with van der Waals surface area (Å²) in [5.74, 6) is 1.04.